The van der Waals surface area contributed by atoms with E-state index in [1.807, 2.05) is 37.3 Å². The molecule has 0 spiro atoms. The van der Waals surface area contributed by atoms with Crippen molar-refractivity contribution in [3.8, 4) is 27.9 Å². The maximum atomic E-state index is 12.5. The van der Waals surface area contributed by atoms with Crippen LogP contribution in [0.5, 0.6) is 5.75 Å². The van der Waals surface area contributed by atoms with E-state index in [0.29, 0.717) is 45.3 Å². The number of nitrogens with zero attached hydrogens (tertiary/aromatic N) is 3. The van der Waals surface area contributed by atoms with Crippen molar-refractivity contribution in [1.82, 2.24) is 15.1 Å². The molecule has 8 heteroatoms. The fourth-order valence-corrected chi connectivity index (χ4v) is 3.58. The van der Waals surface area contributed by atoms with Gasteiger partial charge in [-0.3, -0.25) is 10.1 Å². The standard InChI is InChI=1S/C22H18N4O3S/c1-3-13-28-17-11-9-16(10-12-17)20(27)25-22-23-14(2)18(30-22)21-24-19(26-29-21)15-7-5-4-6-8-15/h3-12H,1,13H2,2H3,(H,23,25,27). The lowest BCUT2D eigenvalue weighted by Gasteiger charge is -2.05. The van der Waals surface area contributed by atoms with E-state index in [1.165, 1.54) is 11.3 Å². The number of amides is 1. The highest BCUT2D eigenvalue weighted by molar-refractivity contribution is 7.19. The van der Waals surface area contributed by atoms with Gasteiger partial charge in [0, 0.05) is 11.1 Å². The first-order valence-electron chi connectivity index (χ1n) is 9.16. The Morgan fingerprint density at radius 2 is 1.93 bits per heavy atom. The maximum Gasteiger partial charge on any atom is 0.270 e. The van der Waals surface area contributed by atoms with Gasteiger partial charge < -0.3 is 9.26 Å². The van der Waals surface area contributed by atoms with Gasteiger partial charge in [0.1, 0.15) is 17.2 Å². The quantitative estimate of drug-likeness (QED) is 0.426. The van der Waals surface area contributed by atoms with Crippen LogP contribution >= 0.6 is 11.3 Å². The van der Waals surface area contributed by atoms with Crippen LogP contribution in [0.1, 0.15) is 16.1 Å². The Morgan fingerprint density at radius 3 is 2.67 bits per heavy atom. The number of nitrogens with one attached hydrogen (secondary N) is 1. The highest BCUT2D eigenvalue weighted by atomic mass is 32.1. The van der Waals surface area contributed by atoms with Crippen LogP contribution in [0.15, 0.2) is 71.8 Å². The molecule has 0 aliphatic carbocycles. The van der Waals surface area contributed by atoms with Crippen molar-refractivity contribution in [2.45, 2.75) is 6.92 Å². The van der Waals surface area contributed by atoms with Gasteiger partial charge in [0.2, 0.25) is 5.82 Å². The Balaban J connectivity index is 1.48. The van der Waals surface area contributed by atoms with Crippen LogP contribution in [0.25, 0.3) is 22.2 Å². The number of aryl methyl sites for hydroxylation is 1. The van der Waals surface area contributed by atoms with Gasteiger partial charge in [-0.2, -0.15) is 4.98 Å². The predicted molar refractivity (Wildman–Crippen MR) is 116 cm³/mol. The van der Waals surface area contributed by atoms with Gasteiger partial charge in [0.25, 0.3) is 11.8 Å². The topological polar surface area (TPSA) is 90.1 Å². The summed E-state index contributed by atoms with van der Waals surface area (Å²) in [6.45, 7) is 5.85. The zero-order chi connectivity index (χ0) is 20.9. The molecule has 7 nitrogen and oxygen atoms in total. The fraction of sp³-hybridized carbons (Fsp3) is 0.0909. The molecular formula is C22H18N4O3S. The minimum absolute atomic E-state index is 0.263. The van der Waals surface area contributed by atoms with Gasteiger partial charge in [-0.25, -0.2) is 4.98 Å². The molecule has 0 fully saturated rings. The van der Waals surface area contributed by atoms with Gasteiger partial charge in [-0.15, -0.1) is 0 Å². The lowest BCUT2D eigenvalue weighted by atomic mass is 10.2. The number of rotatable bonds is 7. The first-order chi connectivity index (χ1) is 14.6. The normalized spacial score (nSPS) is 10.6. The van der Waals surface area contributed by atoms with Gasteiger partial charge >= 0.3 is 0 Å². The molecule has 4 rings (SSSR count). The van der Waals surface area contributed by atoms with Crippen molar-refractivity contribution < 1.29 is 14.1 Å². The summed E-state index contributed by atoms with van der Waals surface area (Å²) < 4.78 is 10.8. The number of hydrogen-bond acceptors (Lipinski definition) is 7. The van der Waals surface area contributed by atoms with Crippen LogP contribution in [0.3, 0.4) is 0 Å². The van der Waals surface area contributed by atoms with Crippen LogP contribution in [-0.4, -0.2) is 27.6 Å². The molecule has 2 aromatic carbocycles. The largest absolute Gasteiger partial charge is 0.490 e. The lowest BCUT2D eigenvalue weighted by Crippen LogP contribution is -2.11. The van der Waals surface area contributed by atoms with E-state index in [2.05, 4.69) is 27.0 Å². The van der Waals surface area contributed by atoms with Crippen LogP contribution in [0.4, 0.5) is 5.13 Å². The summed E-state index contributed by atoms with van der Waals surface area (Å²) >= 11 is 1.28. The molecule has 30 heavy (non-hydrogen) atoms. The second-order valence-corrected chi connectivity index (χ2v) is 7.30. The molecule has 150 valence electrons. The van der Waals surface area contributed by atoms with E-state index >= 15 is 0 Å². The van der Waals surface area contributed by atoms with Crippen molar-refractivity contribution >= 4 is 22.4 Å². The summed E-state index contributed by atoms with van der Waals surface area (Å²) in [5, 5.41) is 7.31. The first kappa shape index (κ1) is 19.5. The SMILES string of the molecule is C=CCOc1ccc(C(=O)Nc2nc(C)c(-c3nc(-c4ccccc4)no3)s2)cc1. The van der Waals surface area contributed by atoms with Crippen LogP contribution in [0.2, 0.25) is 0 Å². The molecule has 0 aliphatic rings. The third-order valence-corrected chi connectivity index (χ3v) is 5.21. The predicted octanol–water partition coefficient (Wildman–Crippen LogP) is 4.99. The molecule has 0 saturated heterocycles. The molecule has 0 unspecified atom stereocenters. The molecule has 0 saturated carbocycles. The molecule has 0 aliphatic heterocycles. The van der Waals surface area contributed by atoms with Crippen LogP contribution in [-0.2, 0) is 0 Å². The third kappa shape index (κ3) is 4.28. The Hall–Kier alpha value is -3.78. The van der Waals surface area contributed by atoms with Crippen LogP contribution in [0, 0.1) is 6.92 Å². The van der Waals surface area contributed by atoms with E-state index in [9.17, 15) is 4.79 Å². The Bertz CT molecular complexity index is 1170. The summed E-state index contributed by atoms with van der Waals surface area (Å²) in [6, 6.07) is 16.4. The van der Waals surface area contributed by atoms with Crippen molar-refractivity contribution in [1.29, 1.82) is 0 Å². The number of hydrogen-bond donors (Lipinski definition) is 1. The van der Waals surface area contributed by atoms with Gasteiger partial charge in [0.15, 0.2) is 5.13 Å². The molecule has 0 bridgehead atoms. The molecule has 1 amide bonds. The summed E-state index contributed by atoms with van der Waals surface area (Å²) in [7, 11) is 0. The summed E-state index contributed by atoms with van der Waals surface area (Å²) in [5.74, 6) is 1.28. The van der Waals surface area contributed by atoms with E-state index in [1.54, 1.807) is 30.3 Å². The number of anilines is 1. The van der Waals surface area contributed by atoms with Crippen molar-refractivity contribution in [3.63, 3.8) is 0 Å². The third-order valence-electron chi connectivity index (χ3n) is 4.15. The lowest BCUT2D eigenvalue weighted by molar-refractivity contribution is 0.102. The van der Waals surface area contributed by atoms with Gasteiger partial charge in [0.05, 0.1) is 5.69 Å². The number of aromatic nitrogens is 3. The number of thiazole rings is 1. The molecule has 4 aromatic rings. The monoisotopic (exact) mass is 418 g/mol. The Labute approximate surface area is 177 Å². The van der Waals surface area contributed by atoms with Crippen molar-refractivity contribution in [2.24, 2.45) is 0 Å². The molecular weight excluding hydrogens is 400 g/mol. The molecule has 0 radical (unpaired) electrons. The average molecular weight is 418 g/mol. The smallest absolute Gasteiger partial charge is 0.270 e. The van der Waals surface area contributed by atoms with Crippen molar-refractivity contribution in [3.05, 3.63) is 78.5 Å². The number of benzene rings is 2. The molecule has 1 N–H and O–H groups in total. The number of ether oxygens (including phenoxy) is 1. The minimum atomic E-state index is -0.263. The molecule has 2 heterocycles. The maximum absolute atomic E-state index is 12.5. The van der Waals surface area contributed by atoms with E-state index in [-0.39, 0.29) is 5.91 Å². The van der Waals surface area contributed by atoms with Crippen LogP contribution < -0.4 is 10.1 Å². The molecule has 0 atom stereocenters. The first-order valence-corrected chi connectivity index (χ1v) is 9.97. The number of carbonyl (C=O) groups excluding carboxylic acids is 1. The average Bonchev–Trinajstić information content (AvgIpc) is 3.40. The fourth-order valence-electron chi connectivity index (χ4n) is 2.70. The number of carbonyl (C=O) groups is 1. The highest BCUT2D eigenvalue weighted by Gasteiger charge is 2.18. The minimum Gasteiger partial charge on any atom is -0.490 e. The zero-order valence-electron chi connectivity index (χ0n) is 16.2. The Kier molecular flexibility index (Phi) is 5.67. The summed E-state index contributed by atoms with van der Waals surface area (Å²) in [4.78, 5) is 22.1. The van der Waals surface area contributed by atoms with Gasteiger partial charge in [-0.1, -0.05) is 59.5 Å². The van der Waals surface area contributed by atoms with Crippen molar-refractivity contribution in [2.75, 3.05) is 11.9 Å². The Morgan fingerprint density at radius 1 is 1.17 bits per heavy atom. The summed E-state index contributed by atoms with van der Waals surface area (Å²) in [5.41, 5.74) is 2.06. The van der Waals surface area contributed by atoms with E-state index in [0.717, 1.165) is 5.56 Å². The van der Waals surface area contributed by atoms with E-state index in [4.69, 9.17) is 9.26 Å². The van der Waals surface area contributed by atoms with Gasteiger partial charge in [-0.05, 0) is 31.2 Å². The summed E-state index contributed by atoms with van der Waals surface area (Å²) in [6.07, 6.45) is 1.66. The van der Waals surface area contributed by atoms with E-state index < -0.39 is 0 Å². The molecule has 2 aromatic heterocycles. The second kappa shape index (κ2) is 8.71. The highest BCUT2D eigenvalue weighted by Crippen LogP contribution is 2.33. The zero-order valence-corrected chi connectivity index (χ0v) is 17.0. The second-order valence-electron chi connectivity index (χ2n) is 6.30.